The predicted octanol–water partition coefficient (Wildman–Crippen LogP) is 3.41. The third-order valence-electron chi connectivity index (χ3n) is 4.20. The van der Waals surface area contributed by atoms with Crippen LogP contribution < -0.4 is 10.2 Å². The van der Waals surface area contributed by atoms with Crippen molar-refractivity contribution in [3.8, 4) is 0 Å². The molecule has 0 spiro atoms. The average Bonchev–Trinajstić information content (AvgIpc) is 3.28. The van der Waals surface area contributed by atoms with Crippen LogP contribution in [0.1, 0.15) is 57.9 Å². The maximum atomic E-state index is 4.66. The summed E-state index contributed by atoms with van der Waals surface area (Å²) in [6.07, 6.45) is 7.16. The van der Waals surface area contributed by atoms with Gasteiger partial charge in [0.1, 0.15) is 18.0 Å². The normalized spacial score (nSPS) is 18.4. The van der Waals surface area contributed by atoms with Crippen molar-refractivity contribution < 1.29 is 0 Å². The summed E-state index contributed by atoms with van der Waals surface area (Å²) in [6, 6.07) is 0.720. The Kier molecular flexibility index (Phi) is 3.81. The second-order valence-electron chi connectivity index (χ2n) is 6.47. The summed E-state index contributed by atoms with van der Waals surface area (Å²) in [4.78, 5) is 11.7. The maximum Gasteiger partial charge on any atom is 0.137 e. The van der Waals surface area contributed by atoms with Crippen LogP contribution in [0.2, 0.25) is 0 Å². The number of hydrogen-bond acceptors (Lipinski definition) is 4. The Morgan fingerprint density at radius 1 is 1.25 bits per heavy atom. The van der Waals surface area contributed by atoms with Crippen LogP contribution in [0, 0.1) is 5.92 Å². The Balaban J connectivity index is 1.94. The number of nitrogens with zero attached hydrogens (tertiary/aromatic N) is 3. The second kappa shape index (κ2) is 5.58. The molecule has 1 N–H and O–H groups in total. The average molecular weight is 274 g/mol. The van der Waals surface area contributed by atoms with Crippen LogP contribution in [0.4, 0.5) is 11.6 Å². The van der Waals surface area contributed by atoms with Gasteiger partial charge in [-0.3, -0.25) is 0 Å². The van der Waals surface area contributed by atoms with Crippen LogP contribution in [-0.2, 0) is 0 Å². The molecule has 2 saturated carbocycles. The molecule has 1 aromatic heterocycles. The molecule has 2 fully saturated rings. The van der Waals surface area contributed by atoms with Gasteiger partial charge in [0.25, 0.3) is 0 Å². The van der Waals surface area contributed by atoms with E-state index in [4.69, 9.17) is 0 Å². The van der Waals surface area contributed by atoms with Gasteiger partial charge in [-0.25, -0.2) is 9.97 Å². The van der Waals surface area contributed by atoms with Crippen molar-refractivity contribution in [3.63, 3.8) is 0 Å². The Bertz CT molecular complexity index is 464. The van der Waals surface area contributed by atoms with Crippen LogP contribution in [-0.4, -0.2) is 29.1 Å². The van der Waals surface area contributed by atoms with Crippen molar-refractivity contribution in [2.24, 2.45) is 5.92 Å². The maximum absolute atomic E-state index is 4.66. The fourth-order valence-corrected chi connectivity index (χ4v) is 2.83. The lowest BCUT2D eigenvalue weighted by atomic mass is 10.0. The number of hydrogen-bond donors (Lipinski definition) is 1. The van der Waals surface area contributed by atoms with E-state index in [1.54, 1.807) is 6.33 Å². The van der Waals surface area contributed by atoms with Gasteiger partial charge in [0.05, 0.1) is 0 Å². The zero-order chi connectivity index (χ0) is 14.1. The van der Waals surface area contributed by atoms with E-state index in [1.165, 1.54) is 43.6 Å². The van der Waals surface area contributed by atoms with E-state index in [2.05, 4.69) is 41.0 Å². The van der Waals surface area contributed by atoms with E-state index in [-0.39, 0.29) is 0 Å². The Labute approximate surface area is 122 Å². The summed E-state index contributed by atoms with van der Waals surface area (Å²) in [5.74, 6) is 3.54. The highest BCUT2D eigenvalue weighted by Gasteiger charge is 2.36. The number of nitrogens with one attached hydrogen (secondary N) is 1. The van der Waals surface area contributed by atoms with Gasteiger partial charge in [-0.2, -0.15) is 0 Å². The molecule has 0 saturated heterocycles. The van der Waals surface area contributed by atoms with Gasteiger partial charge in [-0.1, -0.05) is 13.8 Å². The van der Waals surface area contributed by atoms with Crippen molar-refractivity contribution in [1.82, 2.24) is 9.97 Å². The molecule has 4 heteroatoms. The molecule has 1 aromatic rings. The van der Waals surface area contributed by atoms with Crippen LogP contribution in [0.5, 0.6) is 0 Å². The van der Waals surface area contributed by atoms with E-state index in [1.807, 2.05) is 0 Å². The monoisotopic (exact) mass is 274 g/mol. The quantitative estimate of drug-likeness (QED) is 0.827. The molecule has 0 atom stereocenters. The molecule has 0 bridgehead atoms. The summed E-state index contributed by atoms with van der Waals surface area (Å²) in [6.45, 7) is 8.69. The first-order valence-corrected chi connectivity index (χ1v) is 8.06. The van der Waals surface area contributed by atoms with E-state index in [9.17, 15) is 0 Å². The minimum atomic E-state index is 0.445. The van der Waals surface area contributed by atoms with Crippen molar-refractivity contribution in [2.75, 3.05) is 23.3 Å². The molecular weight excluding hydrogens is 248 g/mol. The summed E-state index contributed by atoms with van der Waals surface area (Å²) in [5, 5.41) is 3.40. The third-order valence-corrected chi connectivity index (χ3v) is 4.20. The van der Waals surface area contributed by atoms with Crippen LogP contribution in [0.25, 0.3) is 0 Å². The fraction of sp³-hybridized carbons (Fsp3) is 0.750. The standard InChI is InChI=1S/C16H26N4/c1-4-17-15-14(11(2)3)16(19-10-18-15)20(13-7-8-13)9-12-5-6-12/h10-13H,4-9H2,1-3H3,(H,17,18,19). The lowest BCUT2D eigenvalue weighted by molar-refractivity contribution is 0.695. The van der Waals surface area contributed by atoms with Gasteiger partial charge in [-0.15, -0.1) is 0 Å². The Morgan fingerprint density at radius 2 is 2.00 bits per heavy atom. The summed E-state index contributed by atoms with van der Waals surface area (Å²) >= 11 is 0. The Hall–Kier alpha value is -1.32. The summed E-state index contributed by atoms with van der Waals surface area (Å²) in [5.41, 5.74) is 1.29. The molecule has 2 aliphatic rings. The molecule has 0 radical (unpaired) electrons. The highest BCUT2D eigenvalue weighted by Crippen LogP contribution is 2.40. The molecule has 1 heterocycles. The lowest BCUT2D eigenvalue weighted by Crippen LogP contribution is -2.30. The zero-order valence-corrected chi connectivity index (χ0v) is 12.9. The van der Waals surface area contributed by atoms with E-state index in [0.29, 0.717) is 5.92 Å². The molecule has 0 amide bonds. The van der Waals surface area contributed by atoms with Gasteiger partial charge >= 0.3 is 0 Å². The SMILES string of the molecule is CCNc1ncnc(N(CC2CC2)C2CC2)c1C(C)C. The molecule has 4 nitrogen and oxygen atoms in total. The highest BCUT2D eigenvalue weighted by atomic mass is 15.3. The van der Waals surface area contributed by atoms with Crippen LogP contribution >= 0.6 is 0 Å². The second-order valence-corrected chi connectivity index (χ2v) is 6.47. The number of rotatable bonds is 7. The lowest BCUT2D eigenvalue weighted by Gasteiger charge is -2.28. The van der Waals surface area contributed by atoms with Gasteiger partial charge in [-0.05, 0) is 44.4 Å². The topological polar surface area (TPSA) is 41.1 Å². The number of aromatic nitrogens is 2. The van der Waals surface area contributed by atoms with Gasteiger partial charge in [0.2, 0.25) is 0 Å². The van der Waals surface area contributed by atoms with E-state index >= 15 is 0 Å². The van der Waals surface area contributed by atoms with Crippen molar-refractivity contribution in [3.05, 3.63) is 11.9 Å². The van der Waals surface area contributed by atoms with Crippen LogP contribution in [0.15, 0.2) is 6.33 Å². The Morgan fingerprint density at radius 3 is 2.55 bits per heavy atom. The van der Waals surface area contributed by atoms with Gasteiger partial charge in [0.15, 0.2) is 0 Å². The van der Waals surface area contributed by atoms with Crippen molar-refractivity contribution in [2.45, 2.75) is 58.4 Å². The molecule has 2 aliphatic carbocycles. The first-order valence-electron chi connectivity index (χ1n) is 8.06. The predicted molar refractivity (Wildman–Crippen MR) is 83.4 cm³/mol. The minimum absolute atomic E-state index is 0.445. The van der Waals surface area contributed by atoms with Crippen LogP contribution in [0.3, 0.4) is 0 Å². The minimum Gasteiger partial charge on any atom is -0.370 e. The third kappa shape index (κ3) is 2.89. The van der Waals surface area contributed by atoms with Gasteiger partial charge in [0, 0.05) is 24.7 Å². The van der Waals surface area contributed by atoms with Crippen molar-refractivity contribution in [1.29, 1.82) is 0 Å². The van der Waals surface area contributed by atoms with E-state index < -0.39 is 0 Å². The molecule has 0 aromatic carbocycles. The molecule has 0 unspecified atom stereocenters. The smallest absolute Gasteiger partial charge is 0.137 e. The first-order chi connectivity index (χ1) is 9.70. The molecular formula is C16H26N4. The summed E-state index contributed by atoms with van der Waals surface area (Å²) in [7, 11) is 0. The van der Waals surface area contributed by atoms with Crippen molar-refractivity contribution >= 4 is 11.6 Å². The zero-order valence-electron chi connectivity index (χ0n) is 12.9. The number of anilines is 2. The molecule has 3 rings (SSSR count). The fourth-order valence-electron chi connectivity index (χ4n) is 2.83. The largest absolute Gasteiger partial charge is 0.370 e. The molecule has 20 heavy (non-hydrogen) atoms. The highest BCUT2D eigenvalue weighted by molar-refractivity contribution is 5.61. The molecule has 0 aliphatic heterocycles. The first kappa shape index (κ1) is 13.7. The summed E-state index contributed by atoms with van der Waals surface area (Å²) < 4.78 is 0. The van der Waals surface area contributed by atoms with Gasteiger partial charge < -0.3 is 10.2 Å². The molecule has 110 valence electrons. The van der Waals surface area contributed by atoms with E-state index in [0.717, 1.165) is 24.3 Å².